The second kappa shape index (κ2) is 19.4. The molecule has 0 saturated heterocycles. The number of aromatic nitrogens is 3. The summed E-state index contributed by atoms with van der Waals surface area (Å²) in [4.78, 5) is 24.0. The topological polar surface area (TPSA) is 140 Å². The highest BCUT2D eigenvalue weighted by Gasteiger charge is 2.23. The van der Waals surface area contributed by atoms with Gasteiger partial charge in [-0.15, -0.1) is 0 Å². The van der Waals surface area contributed by atoms with Crippen molar-refractivity contribution in [3.63, 3.8) is 0 Å². The number of fused-ring (bicyclic) bond motifs is 6. The molecule has 0 radical (unpaired) electrons. The molecule has 0 bridgehead atoms. The molecule has 0 unspecified atom stereocenters. The zero-order valence-corrected chi connectivity index (χ0v) is 41.7. The van der Waals surface area contributed by atoms with Crippen LogP contribution in [0.25, 0.3) is 135 Å². The molecule has 3 aromatic heterocycles. The first kappa shape index (κ1) is 48.1. The van der Waals surface area contributed by atoms with Crippen LogP contribution in [0.15, 0.2) is 182 Å². The predicted octanol–water partition coefficient (Wildman–Crippen LogP) is 17.9. The lowest BCUT2D eigenvalue weighted by molar-refractivity contribution is 1.06. The van der Waals surface area contributed by atoms with Gasteiger partial charge in [0.2, 0.25) is 0 Å². The van der Waals surface area contributed by atoms with Gasteiger partial charge in [-0.25, -0.2) is 29.2 Å². The van der Waals surface area contributed by atoms with Crippen LogP contribution < -0.4 is 0 Å². The number of hydrogen-bond donors (Lipinski definition) is 0. The summed E-state index contributed by atoms with van der Waals surface area (Å²) in [7, 11) is 0. The van der Waals surface area contributed by atoms with Crippen molar-refractivity contribution in [2.45, 2.75) is 0 Å². The molecule has 12 aromatic rings. The van der Waals surface area contributed by atoms with E-state index in [0.717, 1.165) is 65.9 Å². The zero-order chi connectivity index (χ0) is 55.2. The molecule has 12 heteroatoms. The molecule has 0 aliphatic rings. The maximum atomic E-state index is 10.0. The second-order valence-electron chi connectivity index (χ2n) is 18.8. The molecule has 0 aliphatic heterocycles. The van der Waals surface area contributed by atoms with Crippen molar-refractivity contribution in [1.82, 2.24) is 14.1 Å². The van der Waals surface area contributed by atoms with Gasteiger partial charge in [-0.2, -0.15) is 21.0 Å². The minimum absolute atomic E-state index is 0.317. The summed E-state index contributed by atoms with van der Waals surface area (Å²) in [6.45, 7) is 39.8. The highest BCUT2D eigenvalue weighted by atomic mass is 15.1. The fourth-order valence-electron chi connectivity index (χ4n) is 10.6. The SMILES string of the molecule is [C-]#[N+]c1cc(C#N)cc(-c2ccc3c4ccc(-c5cc(C#N)cc([N+]#[C-])c5)cc4n(-c4cc(-c5ccccc5[N+]#[C-])c(-n5c6cc(-c7cc(C#N)cc([N+]#[C-])c7)ccc6c6ccc(-c7cc(C#N)cc([N+]#[C-])c7)cc65)cn4)c3c2)c1. The standard InChI is InChI=1S/C68H30N12/c1-73-52-22-40(35-69)18-48(26-52)44-10-14-57-58-15-11-45(49-19-41(36-70)23-53(27-49)74-2)31-64(58)79(63(57)30-44)67-39-78-68(34-61(67)56-8-6-7-9-62(56)77-5)80-65-32-46(50-20-42(37-71)24-54(28-50)75-3)12-16-59(65)60-17-13-47(33-66(60)80)51-21-43(38-72)25-55(29-51)76-4/h6-34,39H. The van der Waals surface area contributed by atoms with Crippen molar-refractivity contribution in [2.24, 2.45) is 0 Å². The Hall–Kier alpha value is -12.9. The third-order valence-electron chi connectivity index (χ3n) is 14.2. The lowest BCUT2D eigenvalue weighted by atomic mass is 9.99. The Morgan fingerprint density at radius 3 is 1.02 bits per heavy atom. The molecular formula is C68H30N12. The van der Waals surface area contributed by atoms with Gasteiger partial charge in [0.25, 0.3) is 0 Å². The lowest BCUT2D eigenvalue weighted by Gasteiger charge is -2.18. The van der Waals surface area contributed by atoms with Gasteiger partial charge in [0.05, 0.1) is 91.1 Å². The van der Waals surface area contributed by atoms with Crippen molar-refractivity contribution >= 4 is 72.0 Å². The Morgan fingerprint density at radius 2 is 0.688 bits per heavy atom. The minimum atomic E-state index is 0.317. The van der Waals surface area contributed by atoms with E-state index in [1.807, 2.05) is 102 Å². The van der Waals surface area contributed by atoms with E-state index in [9.17, 15) is 21.0 Å². The van der Waals surface area contributed by atoms with Crippen molar-refractivity contribution in [3.8, 4) is 91.4 Å². The Labute approximate surface area is 457 Å². The maximum Gasteiger partial charge on any atom is 0.194 e. The van der Waals surface area contributed by atoms with Gasteiger partial charge in [-0.3, -0.25) is 4.57 Å². The summed E-state index contributed by atoms with van der Waals surface area (Å²) >= 11 is 0. The first-order valence-corrected chi connectivity index (χ1v) is 24.5. The molecule has 80 heavy (non-hydrogen) atoms. The van der Waals surface area contributed by atoms with E-state index >= 15 is 0 Å². The first-order valence-electron chi connectivity index (χ1n) is 24.5. The van der Waals surface area contributed by atoms with Crippen LogP contribution in [0, 0.1) is 78.2 Å². The van der Waals surface area contributed by atoms with Gasteiger partial charge in [-0.05, 0) is 153 Å². The van der Waals surface area contributed by atoms with Gasteiger partial charge in [0, 0.05) is 49.4 Å². The van der Waals surface area contributed by atoms with Gasteiger partial charge in [0.1, 0.15) is 5.82 Å². The third-order valence-corrected chi connectivity index (χ3v) is 14.2. The van der Waals surface area contributed by atoms with E-state index < -0.39 is 0 Å². The molecule has 3 heterocycles. The van der Waals surface area contributed by atoms with Crippen LogP contribution in [0.1, 0.15) is 22.3 Å². The highest BCUT2D eigenvalue weighted by Crippen LogP contribution is 2.45. The van der Waals surface area contributed by atoms with Gasteiger partial charge in [-0.1, -0.05) is 72.8 Å². The molecule has 12 rings (SSSR count). The predicted molar refractivity (Wildman–Crippen MR) is 310 cm³/mol. The molecule has 0 amide bonds. The maximum absolute atomic E-state index is 10.0. The quantitative estimate of drug-likeness (QED) is 0.146. The largest absolute Gasteiger partial charge is 0.307 e. The fraction of sp³-hybridized carbons (Fsp3) is 0. The molecule has 0 N–H and O–H groups in total. The van der Waals surface area contributed by atoms with Crippen LogP contribution in [0.5, 0.6) is 0 Å². The Bertz CT molecular complexity index is 4750. The van der Waals surface area contributed by atoms with Crippen LogP contribution in [-0.2, 0) is 0 Å². The van der Waals surface area contributed by atoms with Crippen molar-refractivity contribution in [2.75, 3.05) is 0 Å². The van der Waals surface area contributed by atoms with E-state index in [1.54, 1.807) is 85.1 Å². The molecule has 12 nitrogen and oxygen atoms in total. The Kier molecular flexibility index (Phi) is 11.7. The normalized spacial score (nSPS) is 10.6. The molecule has 0 spiro atoms. The van der Waals surface area contributed by atoms with Gasteiger partial charge < -0.3 is 4.57 Å². The van der Waals surface area contributed by atoms with E-state index in [1.165, 1.54) is 0 Å². The third kappa shape index (κ3) is 8.17. The number of rotatable bonds is 7. The van der Waals surface area contributed by atoms with Crippen molar-refractivity contribution in [3.05, 3.63) is 261 Å². The molecule has 0 aliphatic carbocycles. The molecule has 362 valence electrons. The summed E-state index contributed by atoms with van der Waals surface area (Å²) in [5.41, 5.74) is 13.5. The summed E-state index contributed by atoms with van der Waals surface area (Å²) in [5, 5.41) is 43.5. The average Bonchev–Trinajstić information content (AvgIpc) is 4.04. The Balaban J connectivity index is 1.19. The summed E-state index contributed by atoms with van der Waals surface area (Å²) < 4.78 is 4.13. The smallest absolute Gasteiger partial charge is 0.194 e. The van der Waals surface area contributed by atoms with Crippen LogP contribution in [0.3, 0.4) is 0 Å². The van der Waals surface area contributed by atoms with Gasteiger partial charge >= 0.3 is 0 Å². The molecular weight excluding hydrogens is 985 g/mol. The number of para-hydroxylation sites is 1. The summed E-state index contributed by atoms with van der Waals surface area (Å²) in [6.07, 6.45) is 1.78. The number of benzene rings is 9. The van der Waals surface area contributed by atoms with E-state index in [4.69, 9.17) is 37.8 Å². The summed E-state index contributed by atoms with van der Waals surface area (Å²) in [6, 6.07) is 62.2. The van der Waals surface area contributed by atoms with Crippen LogP contribution in [0.4, 0.5) is 28.4 Å². The van der Waals surface area contributed by atoms with Crippen LogP contribution >= 0.6 is 0 Å². The first-order chi connectivity index (χ1) is 39.2. The monoisotopic (exact) mass is 1010 g/mol. The van der Waals surface area contributed by atoms with E-state index in [0.29, 0.717) is 95.6 Å². The lowest BCUT2D eigenvalue weighted by Crippen LogP contribution is -2.04. The number of pyridine rings is 1. The minimum Gasteiger partial charge on any atom is -0.307 e. The van der Waals surface area contributed by atoms with Crippen molar-refractivity contribution < 1.29 is 0 Å². The number of nitriles is 4. The van der Waals surface area contributed by atoms with Crippen LogP contribution in [-0.4, -0.2) is 14.1 Å². The van der Waals surface area contributed by atoms with E-state index in [-0.39, 0.29) is 0 Å². The number of hydrogen-bond acceptors (Lipinski definition) is 5. The molecule has 0 saturated carbocycles. The molecule has 0 fully saturated rings. The number of nitrogens with zero attached hydrogens (tertiary/aromatic N) is 12. The van der Waals surface area contributed by atoms with Gasteiger partial charge in [0.15, 0.2) is 28.4 Å². The summed E-state index contributed by atoms with van der Waals surface area (Å²) in [5.74, 6) is 0.472. The molecule has 9 aromatic carbocycles. The highest BCUT2D eigenvalue weighted by molar-refractivity contribution is 6.13. The molecule has 0 atom stereocenters. The van der Waals surface area contributed by atoms with E-state index in [2.05, 4.69) is 53.1 Å². The Morgan fingerprint density at radius 1 is 0.338 bits per heavy atom. The second-order valence-corrected chi connectivity index (χ2v) is 18.8. The van der Waals surface area contributed by atoms with Crippen LogP contribution in [0.2, 0.25) is 0 Å². The average molecular weight is 1020 g/mol. The zero-order valence-electron chi connectivity index (χ0n) is 41.7. The van der Waals surface area contributed by atoms with Crippen molar-refractivity contribution in [1.29, 1.82) is 21.0 Å². The fourth-order valence-corrected chi connectivity index (χ4v) is 10.6.